The summed E-state index contributed by atoms with van der Waals surface area (Å²) in [5.74, 6) is 0.0131. The number of carboxylic acids is 1. The van der Waals surface area contributed by atoms with Crippen LogP contribution in [0.4, 0.5) is 10.8 Å². The van der Waals surface area contributed by atoms with Crippen molar-refractivity contribution in [2.75, 3.05) is 19.0 Å². The number of fused-ring (bicyclic) bond motifs is 1. The number of nitrogens with zero attached hydrogens (tertiary/aromatic N) is 3. The van der Waals surface area contributed by atoms with Crippen molar-refractivity contribution in [3.63, 3.8) is 0 Å². The number of ether oxygens (including phenoxy) is 2. The predicted molar refractivity (Wildman–Crippen MR) is 136 cm³/mol. The van der Waals surface area contributed by atoms with Crippen LogP contribution in [0.15, 0.2) is 54.9 Å². The first-order valence-electron chi connectivity index (χ1n) is 11.5. The molecule has 2 aromatic carbocycles. The van der Waals surface area contributed by atoms with E-state index in [0.717, 1.165) is 57.2 Å². The third-order valence-electron chi connectivity index (χ3n) is 6.44. The van der Waals surface area contributed by atoms with Crippen LogP contribution in [0.2, 0.25) is 0 Å². The van der Waals surface area contributed by atoms with E-state index in [9.17, 15) is 9.90 Å². The van der Waals surface area contributed by atoms with Gasteiger partial charge in [0.1, 0.15) is 17.8 Å². The van der Waals surface area contributed by atoms with Gasteiger partial charge >= 0.3 is 12.0 Å². The van der Waals surface area contributed by atoms with Gasteiger partial charge in [0, 0.05) is 23.6 Å². The number of nitrogens with one attached hydrogen (secondary N) is 1. The maximum atomic E-state index is 11.8. The smallest absolute Gasteiger partial charge is 0.316 e. The molecule has 35 heavy (non-hydrogen) atoms. The van der Waals surface area contributed by atoms with Gasteiger partial charge in [-0.05, 0) is 48.7 Å². The summed E-state index contributed by atoms with van der Waals surface area (Å²) >= 11 is 1.57. The Labute approximate surface area is 207 Å². The third-order valence-corrected chi connectivity index (χ3v) is 7.37. The SMILES string of the molecule is COc1ccc2nc(Nc3ccc(-c4cnc(OCC5(C(=O)O)CCCCC5)nc4)cc3)sc2c1. The van der Waals surface area contributed by atoms with Gasteiger partial charge in [-0.15, -0.1) is 0 Å². The Kier molecular flexibility index (Phi) is 6.50. The van der Waals surface area contributed by atoms with Gasteiger partial charge in [-0.25, -0.2) is 15.0 Å². The van der Waals surface area contributed by atoms with E-state index in [2.05, 4.69) is 20.3 Å². The molecule has 180 valence electrons. The Morgan fingerprint density at radius 2 is 1.80 bits per heavy atom. The fourth-order valence-corrected chi connectivity index (χ4v) is 5.26. The Hall–Kier alpha value is -3.72. The zero-order chi connectivity index (χ0) is 24.3. The van der Waals surface area contributed by atoms with E-state index in [-0.39, 0.29) is 12.6 Å². The van der Waals surface area contributed by atoms with Crippen LogP contribution in [-0.4, -0.2) is 39.7 Å². The molecule has 0 aliphatic heterocycles. The molecule has 0 unspecified atom stereocenters. The van der Waals surface area contributed by atoms with Crippen molar-refractivity contribution >= 4 is 38.3 Å². The maximum Gasteiger partial charge on any atom is 0.316 e. The van der Waals surface area contributed by atoms with Crippen molar-refractivity contribution in [1.82, 2.24) is 15.0 Å². The summed E-state index contributed by atoms with van der Waals surface area (Å²) in [6, 6.07) is 14.0. The molecule has 0 bridgehead atoms. The Morgan fingerprint density at radius 3 is 2.49 bits per heavy atom. The lowest BCUT2D eigenvalue weighted by Gasteiger charge is -2.32. The summed E-state index contributed by atoms with van der Waals surface area (Å²) in [6.07, 6.45) is 7.55. The highest BCUT2D eigenvalue weighted by Crippen LogP contribution is 2.37. The third kappa shape index (κ3) is 5.05. The highest BCUT2D eigenvalue weighted by molar-refractivity contribution is 7.22. The van der Waals surface area contributed by atoms with Crippen LogP contribution in [0.5, 0.6) is 11.8 Å². The van der Waals surface area contributed by atoms with Crippen molar-refractivity contribution in [2.24, 2.45) is 5.41 Å². The number of methoxy groups -OCH3 is 1. The molecule has 0 saturated heterocycles. The van der Waals surface area contributed by atoms with Gasteiger partial charge in [0.05, 0.1) is 17.3 Å². The molecule has 8 nitrogen and oxygen atoms in total. The van der Waals surface area contributed by atoms with Gasteiger partial charge in [0.25, 0.3) is 0 Å². The minimum atomic E-state index is -0.835. The summed E-state index contributed by atoms with van der Waals surface area (Å²) in [5, 5.41) is 13.9. The van der Waals surface area contributed by atoms with E-state index in [1.54, 1.807) is 30.8 Å². The van der Waals surface area contributed by atoms with Gasteiger partial charge in [0.15, 0.2) is 5.13 Å². The molecule has 0 radical (unpaired) electrons. The number of aromatic nitrogens is 3. The largest absolute Gasteiger partial charge is 0.497 e. The molecular formula is C26H26N4O4S. The minimum absolute atomic E-state index is 0.0978. The highest BCUT2D eigenvalue weighted by atomic mass is 32.1. The van der Waals surface area contributed by atoms with Gasteiger partial charge in [-0.2, -0.15) is 0 Å². The van der Waals surface area contributed by atoms with Gasteiger partial charge in [0.2, 0.25) is 0 Å². The van der Waals surface area contributed by atoms with E-state index >= 15 is 0 Å². The van der Waals surface area contributed by atoms with Crippen LogP contribution >= 0.6 is 11.3 Å². The maximum absolute atomic E-state index is 11.8. The standard InChI is InChI=1S/C26H26N4O4S/c1-33-20-9-10-21-22(13-20)35-25(30-21)29-19-7-5-17(6-8-19)18-14-27-24(28-15-18)34-16-26(23(31)32)11-3-2-4-12-26/h5-10,13-15H,2-4,11-12,16H2,1H3,(H,29,30)(H,31,32). The van der Waals surface area contributed by atoms with Crippen LogP contribution in [0.3, 0.4) is 0 Å². The molecule has 2 aromatic heterocycles. The molecule has 5 rings (SSSR count). The van der Waals surface area contributed by atoms with Crippen LogP contribution in [-0.2, 0) is 4.79 Å². The van der Waals surface area contributed by atoms with Gasteiger partial charge < -0.3 is 19.9 Å². The first-order chi connectivity index (χ1) is 17.0. The highest BCUT2D eigenvalue weighted by Gasteiger charge is 2.40. The molecule has 1 aliphatic rings. The summed E-state index contributed by atoms with van der Waals surface area (Å²) in [4.78, 5) is 25.0. The fourth-order valence-electron chi connectivity index (χ4n) is 4.35. The lowest BCUT2D eigenvalue weighted by Crippen LogP contribution is -2.39. The Morgan fingerprint density at radius 1 is 1.06 bits per heavy atom. The molecule has 1 aliphatic carbocycles. The first kappa shape index (κ1) is 23.0. The fraction of sp³-hybridized carbons (Fsp3) is 0.308. The monoisotopic (exact) mass is 490 g/mol. The molecule has 1 saturated carbocycles. The number of hydrogen-bond acceptors (Lipinski definition) is 8. The van der Waals surface area contributed by atoms with Crippen molar-refractivity contribution in [3.05, 3.63) is 54.9 Å². The lowest BCUT2D eigenvalue weighted by molar-refractivity contribution is -0.153. The van der Waals surface area contributed by atoms with E-state index in [1.165, 1.54) is 0 Å². The normalized spacial score (nSPS) is 15.0. The van der Waals surface area contributed by atoms with Crippen molar-refractivity contribution in [2.45, 2.75) is 32.1 Å². The molecule has 4 aromatic rings. The van der Waals surface area contributed by atoms with Crippen molar-refractivity contribution in [3.8, 4) is 22.9 Å². The zero-order valence-corrected chi connectivity index (χ0v) is 20.2. The molecule has 2 N–H and O–H groups in total. The second-order valence-electron chi connectivity index (χ2n) is 8.74. The Bertz CT molecular complexity index is 1320. The molecular weight excluding hydrogens is 464 g/mol. The molecule has 0 atom stereocenters. The second-order valence-corrected chi connectivity index (χ2v) is 9.77. The molecule has 0 amide bonds. The molecule has 9 heteroatoms. The molecule has 0 spiro atoms. The topological polar surface area (TPSA) is 106 Å². The number of rotatable bonds is 8. The van der Waals surface area contributed by atoms with Crippen LogP contribution in [0.1, 0.15) is 32.1 Å². The number of benzene rings is 2. The average molecular weight is 491 g/mol. The first-order valence-corrected chi connectivity index (χ1v) is 12.4. The number of thiazole rings is 1. The van der Waals surface area contributed by atoms with E-state index in [4.69, 9.17) is 9.47 Å². The summed E-state index contributed by atoms with van der Waals surface area (Å²) in [5.41, 5.74) is 2.82. The van der Waals surface area contributed by atoms with Crippen LogP contribution in [0.25, 0.3) is 21.3 Å². The van der Waals surface area contributed by atoms with Crippen LogP contribution < -0.4 is 14.8 Å². The summed E-state index contributed by atoms with van der Waals surface area (Å²) in [7, 11) is 1.65. The molecule has 1 fully saturated rings. The summed E-state index contributed by atoms with van der Waals surface area (Å²) < 4.78 is 12.0. The Balaban J connectivity index is 1.22. The van der Waals surface area contributed by atoms with E-state index in [0.29, 0.717) is 12.8 Å². The van der Waals surface area contributed by atoms with Crippen molar-refractivity contribution < 1.29 is 19.4 Å². The van der Waals surface area contributed by atoms with Crippen molar-refractivity contribution in [1.29, 1.82) is 0 Å². The number of aliphatic carboxylic acids is 1. The van der Waals surface area contributed by atoms with E-state index in [1.807, 2.05) is 42.5 Å². The van der Waals surface area contributed by atoms with Crippen LogP contribution in [0, 0.1) is 5.41 Å². The quantitative estimate of drug-likeness (QED) is 0.313. The lowest BCUT2D eigenvalue weighted by atomic mass is 9.75. The van der Waals surface area contributed by atoms with Gasteiger partial charge in [-0.3, -0.25) is 4.79 Å². The number of carbonyl (C=O) groups is 1. The molecule has 2 heterocycles. The average Bonchev–Trinajstić information content (AvgIpc) is 3.30. The van der Waals surface area contributed by atoms with E-state index < -0.39 is 11.4 Å². The number of carboxylic acid groups (broad SMARTS) is 1. The second kappa shape index (κ2) is 9.87. The summed E-state index contributed by atoms with van der Waals surface area (Å²) in [6.45, 7) is 0.0978. The minimum Gasteiger partial charge on any atom is -0.497 e. The zero-order valence-electron chi connectivity index (χ0n) is 19.4. The number of anilines is 2. The predicted octanol–water partition coefficient (Wildman–Crippen LogP) is 5.92. The van der Waals surface area contributed by atoms with Gasteiger partial charge in [-0.1, -0.05) is 42.7 Å². The number of hydrogen-bond donors (Lipinski definition) is 2.